The largest absolute Gasteiger partial charge is 0.354 e. The number of nitrogens with zero attached hydrogens (tertiary/aromatic N) is 3. The maximum Gasteiger partial charge on any atom is 0.324 e. The van der Waals surface area contributed by atoms with Crippen LogP contribution in [-0.4, -0.2) is 40.1 Å². The highest BCUT2D eigenvalue weighted by Crippen LogP contribution is 2.29. The molecule has 1 saturated heterocycles. The monoisotopic (exact) mass is 373 g/mol. The van der Waals surface area contributed by atoms with Crippen LogP contribution < -0.4 is 10.6 Å². The van der Waals surface area contributed by atoms with Crippen LogP contribution >= 0.6 is 11.3 Å². The molecule has 1 aromatic heterocycles. The van der Waals surface area contributed by atoms with E-state index >= 15 is 0 Å². The van der Waals surface area contributed by atoms with E-state index in [2.05, 4.69) is 41.6 Å². The number of anilines is 1. The van der Waals surface area contributed by atoms with Crippen LogP contribution in [0.15, 0.2) is 30.3 Å². The molecule has 7 nitrogen and oxygen atoms in total. The minimum Gasteiger partial charge on any atom is -0.354 e. The van der Waals surface area contributed by atoms with E-state index in [0.29, 0.717) is 18.2 Å². The molecule has 8 heteroatoms. The quantitative estimate of drug-likeness (QED) is 0.847. The number of amides is 3. The summed E-state index contributed by atoms with van der Waals surface area (Å²) in [5, 5.41) is 15.2. The third-order valence-corrected chi connectivity index (χ3v) is 5.42. The number of carbonyl (C=O) groups is 2. The van der Waals surface area contributed by atoms with Gasteiger partial charge in [-0.15, -0.1) is 10.2 Å². The van der Waals surface area contributed by atoms with Crippen molar-refractivity contribution in [2.24, 2.45) is 0 Å². The van der Waals surface area contributed by atoms with Gasteiger partial charge in [0.25, 0.3) is 0 Å². The summed E-state index contributed by atoms with van der Waals surface area (Å²) in [5.74, 6) is -0.0555. The van der Waals surface area contributed by atoms with Crippen molar-refractivity contribution in [3.05, 3.63) is 40.9 Å². The van der Waals surface area contributed by atoms with Gasteiger partial charge < -0.3 is 10.2 Å². The Balaban J connectivity index is 1.81. The van der Waals surface area contributed by atoms with Crippen LogP contribution in [-0.2, 0) is 10.2 Å². The number of rotatable bonds is 2. The first-order chi connectivity index (χ1) is 12.3. The second kappa shape index (κ2) is 7.41. The first-order valence-electron chi connectivity index (χ1n) is 8.58. The van der Waals surface area contributed by atoms with E-state index in [1.54, 1.807) is 4.90 Å². The summed E-state index contributed by atoms with van der Waals surface area (Å²) < 4.78 is 0. The molecule has 0 aliphatic carbocycles. The maximum absolute atomic E-state index is 12.9. The van der Waals surface area contributed by atoms with E-state index in [-0.39, 0.29) is 29.8 Å². The lowest BCUT2D eigenvalue weighted by atomic mass is 9.98. The molecule has 0 unspecified atom stereocenters. The van der Waals surface area contributed by atoms with Crippen LogP contribution in [0.4, 0.5) is 9.93 Å². The van der Waals surface area contributed by atoms with Crippen molar-refractivity contribution in [3.63, 3.8) is 0 Å². The normalized spacial score (nSPS) is 18.2. The van der Waals surface area contributed by atoms with Crippen LogP contribution in [0, 0.1) is 0 Å². The summed E-state index contributed by atoms with van der Waals surface area (Å²) >= 11 is 1.37. The SMILES string of the molecule is CC(C)(C)c1nnc(NC(=O)N2CCNC(=O)C[C@H]2c2ccccc2)s1. The lowest BCUT2D eigenvalue weighted by Crippen LogP contribution is -2.39. The van der Waals surface area contributed by atoms with Crippen LogP contribution in [0.5, 0.6) is 0 Å². The molecule has 2 aromatic rings. The Hall–Kier alpha value is -2.48. The van der Waals surface area contributed by atoms with Gasteiger partial charge in [-0.1, -0.05) is 62.4 Å². The molecule has 1 atom stereocenters. The fourth-order valence-electron chi connectivity index (χ4n) is 2.79. The van der Waals surface area contributed by atoms with Crippen LogP contribution in [0.2, 0.25) is 0 Å². The van der Waals surface area contributed by atoms with E-state index in [0.717, 1.165) is 10.6 Å². The number of benzene rings is 1. The first-order valence-corrected chi connectivity index (χ1v) is 9.39. The van der Waals surface area contributed by atoms with Crippen LogP contribution in [0.25, 0.3) is 0 Å². The molecular weight excluding hydrogens is 350 g/mol. The number of hydrogen-bond donors (Lipinski definition) is 2. The van der Waals surface area contributed by atoms with Crippen molar-refractivity contribution >= 4 is 28.4 Å². The average molecular weight is 373 g/mol. The van der Waals surface area contributed by atoms with Gasteiger partial charge >= 0.3 is 6.03 Å². The molecule has 1 fully saturated rings. The molecule has 0 bridgehead atoms. The van der Waals surface area contributed by atoms with Gasteiger partial charge in [0, 0.05) is 18.5 Å². The molecule has 3 amide bonds. The lowest BCUT2D eigenvalue weighted by molar-refractivity contribution is -0.121. The highest BCUT2D eigenvalue weighted by molar-refractivity contribution is 7.15. The van der Waals surface area contributed by atoms with Gasteiger partial charge in [-0.3, -0.25) is 10.1 Å². The highest BCUT2D eigenvalue weighted by atomic mass is 32.1. The van der Waals surface area contributed by atoms with Gasteiger partial charge in [-0.05, 0) is 5.56 Å². The molecule has 3 rings (SSSR count). The maximum atomic E-state index is 12.9. The Morgan fingerprint density at radius 1 is 1.27 bits per heavy atom. The van der Waals surface area contributed by atoms with Crippen LogP contribution in [0.1, 0.15) is 43.8 Å². The van der Waals surface area contributed by atoms with Crippen molar-refractivity contribution in [2.75, 3.05) is 18.4 Å². The number of urea groups is 1. The molecule has 0 radical (unpaired) electrons. The van der Waals surface area contributed by atoms with Crippen molar-refractivity contribution in [1.29, 1.82) is 0 Å². The van der Waals surface area contributed by atoms with Crippen molar-refractivity contribution < 1.29 is 9.59 Å². The Kier molecular flexibility index (Phi) is 5.22. The predicted octanol–water partition coefficient (Wildman–Crippen LogP) is 2.93. The molecule has 26 heavy (non-hydrogen) atoms. The lowest BCUT2D eigenvalue weighted by Gasteiger charge is -2.29. The molecule has 0 spiro atoms. The molecule has 1 aliphatic heterocycles. The summed E-state index contributed by atoms with van der Waals surface area (Å²) in [6.07, 6.45) is 0.237. The smallest absolute Gasteiger partial charge is 0.324 e. The Bertz CT molecular complexity index is 784. The zero-order chi connectivity index (χ0) is 18.7. The zero-order valence-electron chi connectivity index (χ0n) is 15.2. The standard InChI is InChI=1S/C18H23N5O2S/c1-18(2,3)15-21-22-16(26-15)20-17(25)23-10-9-19-14(24)11-13(23)12-7-5-4-6-8-12/h4-8,13H,9-11H2,1-3H3,(H,19,24)(H,20,22,25)/t13-/m0/s1. The summed E-state index contributed by atoms with van der Waals surface area (Å²) in [4.78, 5) is 26.6. The minimum absolute atomic E-state index is 0.0555. The Morgan fingerprint density at radius 2 is 2.00 bits per heavy atom. The Labute approximate surface area is 156 Å². The third-order valence-electron chi connectivity index (χ3n) is 4.16. The van der Waals surface area contributed by atoms with Gasteiger partial charge in [-0.25, -0.2) is 4.79 Å². The highest BCUT2D eigenvalue weighted by Gasteiger charge is 2.30. The molecule has 138 valence electrons. The summed E-state index contributed by atoms with van der Waals surface area (Å²) in [6, 6.07) is 9.03. The minimum atomic E-state index is -0.311. The van der Waals surface area contributed by atoms with Gasteiger partial charge in [0.15, 0.2) is 0 Å². The topological polar surface area (TPSA) is 87.2 Å². The summed E-state index contributed by atoms with van der Waals surface area (Å²) in [6.45, 7) is 7.02. The second-order valence-electron chi connectivity index (χ2n) is 7.27. The number of carbonyl (C=O) groups excluding carboxylic acids is 2. The van der Waals surface area contributed by atoms with Gasteiger partial charge in [-0.2, -0.15) is 0 Å². The molecule has 1 aliphatic rings. The number of hydrogen-bond acceptors (Lipinski definition) is 5. The van der Waals surface area contributed by atoms with E-state index < -0.39 is 0 Å². The molecule has 2 heterocycles. The van der Waals surface area contributed by atoms with Crippen molar-refractivity contribution in [1.82, 2.24) is 20.4 Å². The van der Waals surface area contributed by atoms with E-state index in [1.165, 1.54) is 11.3 Å². The van der Waals surface area contributed by atoms with Crippen molar-refractivity contribution in [3.8, 4) is 0 Å². The van der Waals surface area contributed by atoms with Gasteiger partial charge in [0.05, 0.1) is 12.5 Å². The molecule has 1 aromatic carbocycles. The number of aromatic nitrogens is 2. The van der Waals surface area contributed by atoms with E-state index in [1.807, 2.05) is 30.3 Å². The molecule has 2 N–H and O–H groups in total. The average Bonchev–Trinajstić information content (AvgIpc) is 2.98. The second-order valence-corrected chi connectivity index (χ2v) is 8.24. The Morgan fingerprint density at radius 3 is 2.65 bits per heavy atom. The van der Waals surface area contributed by atoms with Crippen molar-refractivity contribution in [2.45, 2.75) is 38.6 Å². The van der Waals surface area contributed by atoms with Gasteiger partial charge in [0.1, 0.15) is 5.01 Å². The summed E-state index contributed by atoms with van der Waals surface area (Å²) in [7, 11) is 0. The van der Waals surface area contributed by atoms with E-state index in [9.17, 15) is 9.59 Å². The molecule has 0 saturated carbocycles. The fraction of sp³-hybridized carbons (Fsp3) is 0.444. The third kappa shape index (κ3) is 4.19. The predicted molar refractivity (Wildman–Crippen MR) is 101 cm³/mol. The van der Waals surface area contributed by atoms with E-state index in [4.69, 9.17) is 0 Å². The number of nitrogens with one attached hydrogen (secondary N) is 2. The van der Waals surface area contributed by atoms with Crippen LogP contribution in [0.3, 0.4) is 0 Å². The fourth-order valence-corrected chi connectivity index (χ4v) is 3.58. The first kappa shape index (κ1) is 18.3. The zero-order valence-corrected chi connectivity index (χ0v) is 16.0. The summed E-state index contributed by atoms with van der Waals surface area (Å²) in [5.41, 5.74) is 0.818. The van der Waals surface area contributed by atoms with Gasteiger partial charge in [0.2, 0.25) is 11.0 Å². The molecular formula is C18H23N5O2S.